The first kappa shape index (κ1) is 16.5. The van der Waals surface area contributed by atoms with Crippen LogP contribution in [0.15, 0.2) is 36.4 Å². The van der Waals surface area contributed by atoms with Crippen molar-refractivity contribution in [1.29, 1.82) is 0 Å². The van der Waals surface area contributed by atoms with E-state index >= 15 is 0 Å². The smallest absolute Gasteiger partial charge is 0.331 e. The van der Waals surface area contributed by atoms with Crippen LogP contribution in [0.4, 0.5) is 10.5 Å². The molecule has 2 N–H and O–H groups in total. The van der Waals surface area contributed by atoms with Crippen molar-refractivity contribution in [3.63, 3.8) is 0 Å². The van der Waals surface area contributed by atoms with Gasteiger partial charge in [0.2, 0.25) is 0 Å². The topological polar surface area (TPSA) is 105 Å². The normalized spacial score (nSPS) is 16.7. The van der Waals surface area contributed by atoms with Gasteiger partial charge < -0.3 is 19.9 Å². The number of nitrogens with zero attached hydrogens (tertiary/aromatic N) is 1. The molecule has 1 unspecified atom stereocenters. The molecule has 0 spiro atoms. The van der Waals surface area contributed by atoms with Crippen molar-refractivity contribution in [2.45, 2.75) is 6.23 Å². The third-order valence-electron chi connectivity index (χ3n) is 3.17. The van der Waals surface area contributed by atoms with Crippen LogP contribution in [0.1, 0.15) is 11.8 Å². The Morgan fingerprint density at radius 1 is 1.30 bits per heavy atom. The van der Waals surface area contributed by atoms with Crippen LogP contribution in [0.3, 0.4) is 0 Å². The molecule has 0 aromatic heterocycles. The molecule has 0 radical (unpaired) electrons. The molecule has 0 saturated carbocycles. The van der Waals surface area contributed by atoms with Crippen LogP contribution in [-0.4, -0.2) is 48.2 Å². The van der Waals surface area contributed by atoms with Crippen molar-refractivity contribution in [3.8, 4) is 0 Å². The predicted molar refractivity (Wildman–Crippen MR) is 79.2 cm³/mol. The van der Waals surface area contributed by atoms with Crippen molar-refractivity contribution in [3.05, 3.63) is 42.0 Å². The maximum absolute atomic E-state index is 11.9. The Labute approximate surface area is 132 Å². The van der Waals surface area contributed by atoms with Crippen molar-refractivity contribution in [1.82, 2.24) is 4.90 Å². The number of nitrogens with one attached hydrogen (secondary N) is 1. The van der Waals surface area contributed by atoms with Gasteiger partial charge in [0.05, 0.1) is 19.3 Å². The summed E-state index contributed by atoms with van der Waals surface area (Å²) >= 11 is 0. The lowest BCUT2D eigenvalue weighted by atomic mass is 10.1. The predicted octanol–water partition coefficient (Wildman–Crippen LogP) is 0.797. The minimum absolute atomic E-state index is 0.000855. The van der Waals surface area contributed by atoms with Crippen LogP contribution in [-0.2, 0) is 19.1 Å². The number of rotatable bonds is 5. The van der Waals surface area contributed by atoms with E-state index in [4.69, 9.17) is 4.74 Å². The molecule has 1 aliphatic rings. The summed E-state index contributed by atoms with van der Waals surface area (Å²) in [5.74, 6) is -1.42. The van der Waals surface area contributed by atoms with E-state index in [9.17, 15) is 19.5 Å². The molecule has 2 amide bonds. The van der Waals surface area contributed by atoms with Crippen LogP contribution >= 0.6 is 0 Å². The van der Waals surface area contributed by atoms with Crippen LogP contribution in [0.25, 0.3) is 0 Å². The van der Waals surface area contributed by atoms with Gasteiger partial charge in [0.25, 0.3) is 0 Å². The fraction of sp³-hybridized carbons (Fsp3) is 0.267. The zero-order valence-electron chi connectivity index (χ0n) is 12.4. The Kier molecular flexibility index (Phi) is 5.32. The van der Waals surface area contributed by atoms with Gasteiger partial charge in [-0.15, -0.1) is 0 Å². The lowest BCUT2D eigenvalue weighted by molar-refractivity contribution is -0.140. The summed E-state index contributed by atoms with van der Waals surface area (Å²) < 4.78 is 9.19. The highest BCUT2D eigenvalue weighted by Gasteiger charge is 2.30. The summed E-state index contributed by atoms with van der Waals surface area (Å²) in [6, 6.07) is 6.38. The Bertz CT molecular complexity index is 643. The zero-order chi connectivity index (χ0) is 16.8. The molecule has 8 nitrogen and oxygen atoms in total. The summed E-state index contributed by atoms with van der Waals surface area (Å²) in [4.78, 5) is 35.3. The van der Waals surface area contributed by atoms with Gasteiger partial charge in [-0.3, -0.25) is 4.90 Å². The Hall–Kier alpha value is -2.87. The number of anilines is 1. The largest absolute Gasteiger partial charge is 0.466 e. The van der Waals surface area contributed by atoms with E-state index in [0.29, 0.717) is 11.3 Å². The second kappa shape index (κ2) is 7.41. The number of hydrogen-bond donors (Lipinski definition) is 2. The molecule has 1 aliphatic heterocycles. The molecule has 1 aromatic rings. The number of amides is 2. The van der Waals surface area contributed by atoms with Gasteiger partial charge >= 0.3 is 18.0 Å². The number of carbonyl (C=O) groups is 3. The Morgan fingerprint density at radius 3 is 2.74 bits per heavy atom. The molecule has 122 valence electrons. The highest BCUT2D eigenvalue weighted by molar-refractivity contribution is 5.93. The number of methoxy groups -OCH3 is 1. The molecule has 0 fully saturated rings. The quantitative estimate of drug-likeness (QED) is 0.614. The summed E-state index contributed by atoms with van der Waals surface area (Å²) in [6.07, 6.45) is 0.735. The number of para-hydroxylation sites is 1. The first-order chi connectivity index (χ1) is 11.0. The van der Waals surface area contributed by atoms with Crippen molar-refractivity contribution in [2.24, 2.45) is 0 Å². The molecule has 23 heavy (non-hydrogen) atoms. The first-order valence-corrected chi connectivity index (χ1v) is 6.80. The van der Waals surface area contributed by atoms with Gasteiger partial charge in [-0.1, -0.05) is 18.2 Å². The zero-order valence-corrected chi connectivity index (χ0v) is 12.4. The van der Waals surface area contributed by atoms with E-state index in [2.05, 4.69) is 10.1 Å². The molecular weight excluding hydrogens is 304 g/mol. The molecule has 8 heteroatoms. The van der Waals surface area contributed by atoms with Gasteiger partial charge in [-0.25, -0.2) is 14.4 Å². The van der Waals surface area contributed by atoms with E-state index in [0.717, 1.165) is 17.1 Å². The third-order valence-corrected chi connectivity index (χ3v) is 3.17. The first-order valence-electron chi connectivity index (χ1n) is 6.80. The van der Waals surface area contributed by atoms with Gasteiger partial charge in [0, 0.05) is 17.7 Å². The standard InChI is InChI=1S/C15H16N2O6/c1-22-12(18)6-7-13(19)23-9-8-17-14(20)10-4-2-3-5-11(10)16-15(17)21/h2-7,14,20H,8-9H2,1H3,(H,16,21)/b7-6+. The summed E-state index contributed by atoms with van der Waals surface area (Å²) in [5, 5.41) is 12.9. The van der Waals surface area contributed by atoms with Gasteiger partial charge in [-0.05, 0) is 6.07 Å². The van der Waals surface area contributed by atoms with Gasteiger partial charge in [-0.2, -0.15) is 0 Å². The molecular formula is C15H16N2O6. The molecule has 0 saturated heterocycles. The summed E-state index contributed by atoms with van der Waals surface area (Å²) in [6.45, 7) is -0.129. The minimum atomic E-state index is -1.12. The number of fused-ring (bicyclic) bond motifs is 1. The van der Waals surface area contributed by atoms with Crippen molar-refractivity contribution < 1.29 is 29.0 Å². The van der Waals surface area contributed by atoms with E-state index in [1.807, 2.05) is 0 Å². The van der Waals surface area contributed by atoms with Crippen LogP contribution in [0, 0.1) is 0 Å². The average Bonchev–Trinajstić information content (AvgIpc) is 2.55. The highest BCUT2D eigenvalue weighted by atomic mass is 16.5. The third kappa shape index (κ3) is 4.07. The molecule has 1 heterocycles. The molecule has 0 bridgehead atoms. The fourth-order valence-corrected chi connectivity index (χ4v) is 2.02. The number of ether oxygens (including phenoxy) is 2. The van der Waals surface area contributed by atoms with Crippen LogP contribution < -0.4 is 5.32 Å². The lowest BCUT2D eigenvalue weighted by Crippen LogP contribution is -2.44. The maximum Gasteiger partial charge on any atom is 0.331 e. The van der Waals surface area contributed by atoms with Gasteiger partial charge in [0.15, 0.2) is 6.23 Å². The molecule has 2 rings (SSSR count). The number of carbonyl (C=O) groups excluding carboxylic acids is 3. The van der Waals surface area contributed by atoms with Crippen molar-refractivity contribution >= 4 is 23.7 Å². The molecule has 1 atom stereocenters. The van der Waals surface area contributed by atoms with E-state index < -0.39 is 24.2 Å². The Morgan fingerprint density at radius 2 is 2.00 bits per heavy atom. The maximum atomic E-state index is 11.9. The second-order valence-electron chi connectivity index (χ2n) is 4.61. The molecule has 1 aromatic carbocycles. The van der Waals surface area contributed by atoms with Crippen LogP contribution in [0.2, 0.25) is 0 Å². The highest BCUT2D eigenvalue weighted by Crippen LogP contribution is 2.30. The number of urea groups is 1. The summed E-state index contributed by atoms with van der Waals surface area (Å²) in [7, 11) is 1.19. The number of hydrogen-bond acceptors (Lipinski definition) is 6. The van der Waals surface area contributed by atoms with Crippen LogP contribution in [0.5, 0.6) is 0 Å². The number of aliphatic hydroxyl groups is 1. The van der Waals surface area contributed by atoms with Gasteiger partial charge in [0.1, 0.15) is 6.61 Å². The van der Waals surface area contributed by atoms with E-state index in [-0.39, 0.29) is 13.2 Å². The van der Waals surface area contributed by atoms with E-state index in [1.165, 1.54) is 7.11 Å². The van der Waals surface area contributed by atoms with Crippen molar-refractivity contribution in [2.75, 3.05) is 25.6 Å². The molecule has 0 aliphatic carbocycles. The SMILES string of the molecule is COC(=O)/C=C/C(=O)OCCN1C(=O)Nc2ccccc2C1O. The minimum Gasteiger partial charge on any atom is -0.466 e. The Balaban J connectivity index is 1.89. The monoisotopic (exact) mass is 320 g/mol. The lowest BCUT2D eigenvalue weighted by Gasteiger charge is -2.33. The number of aliphatic hydroxyl groups excluding tert-OH is 1. The number of benzene rings is 1. The fourth-order valence-electron chi connectivity index (χ4n) is 2.02. The average molecular weight is 320 g/mol. The second-order valence-corrected chi connectivity index (χ2v) is 4.61. The van der Waals surface area contributed by atoms with E-state index in [1.54, 1.807) is 24.3 Å². The number of esters is 2. The summed E-state index contributed by atoms with van der Waals surface area (Å²) in [5.41, 5.74) is 1.10.